The van der Waals surface area contributed by atoms with E-state index in [2.05, 4.69) is 9.47 Å². The highest BCUT2D eigenvalue weighted by Crippen LogP contribution is 2.13. The second-order valence-electron chi connectivity index (χ2n) is 7.73. The smallest absolute Gasteiger partial charge is 0.374 e. The van der Waals surface area contributed by atoms with Crippen molar-refractivity contribution in [2.75, 3.05) is 40.6 Å². The maximum absolute atomic E-state index is 12.1. The average molecular weight is 576 g/mol. The van der Waals surface area contributed by atoms with E-state index in [9.17, 15) is 28.8 Å². The second-order valence-corrected chi connectivity index (χ2v) is 7.73. The molecule has 0 N–H and O–H groups in total. The van der Waals surface area contributed by atoms with E-state index in [1.165, 1.54) is 50.6 Å². The van der Waals surface area contributed by atoms with E-state index in [0.717, 1.165) is 0 Å². The lowest BCUT2D eigenvalue weighted by molar-refractivity contribution is 0.0350. The number of carbonyl (C=O) groups excluding carboxylic acids is 6. The summed E-state index contributed by atoms with van der Waals surface area (Å²) < 4.78 is 44.1. The van der Waals surface area contributed by atoms with Crippen molar-refractivity contribution in [1.29, 1.82) is 0 Å². The minimum atomic E-state index is -0.857. The molecule has 0 spiro atoms. The monoisotopic (exact) mass is 576 g/mol. The van der Waals surface area contributed by atoms with Crippen molar-refractivity contribution in [3.8, 4) is 0 Å². The summed E-state index contributed by atoms with van der Waals surface area (Å²) in [6.07, 6.45) is 0.295. The van der Waals surface area contributed by atoms with Gasteiger partial charge in [0, 0.05) is 12.8 Å². The molecule has 3 rings (SSSR count). The maximum Gasteiger partial charge on any atom is 0.374 e. The van der Waals surface area contributed by atoms with Crippen molar-refractivity contribution in [3.05, 3.63) is 71.0 Å². The highest BCUT2D eigenvalue weighted by Gasteiger charge is 2.20. The lowest BCUT2D eigenvalue weighted by atomic mass is 10.4. The molecule has 0 aromatic carbocycles. The average Bonchev–Trinajstić information content (AvgIpc) is 3.76. The third kappa shape index (κ3) is 8.58. The van der Waals surface area contributed by atoms with E-state index < -0.39 is 35.8 Å². The highest BCUT2D eigenvalue weighted by molar-refractivity contribution is 5.92. The predicted octanol–water partition coefficient (Wildman–Crippen LogP) is 2.85. The summed E-state index contributed by atoms with van der Waals surface area (Å²) in [6.45, 7) is -0.472. The number of esters is 6. The first-order valence-corrected chi connectivity index (χ1v) is 11.9. The summed E-state index contributed by atoms with van der Waals surface area (Å²) in [5.74, 6) is -6.02. The van der Waals surface area contributed by atoms with Crippen molar-refractivity contribution < 1.29 is 70.4 Å². The van der Waals surface area contributed by atoms with Gasteiger partial charge in [-0.05, 0) is 36.4 Å². The van der Waals surface area contributed by atoms with Gasteiger partial charge in [-0.3, -0.25) is 0 Å². The van der Waals surface area contributed by atoms with Crippen molar-refractivity contribution in [3.63, 3.8) is 0 Å². The normalized spacial score (nSPS) is 10.4. The number of hydrogen-bond donors (Lipinski definition) is 0. The van der Waals surface area contributed by atoms with Crippen molar-refractivity contribution >= 4 is 35.8 Å². The summed E-state index contributed by atoms with van der Waals surface area (Å²) in [5, 5.41) is 0. The maximum atomic E-state index is 12.1. The standard InChI is InChI=1S/C26H24O15/c1-33-21(27)15-5-7-17(39-15)23(29)35-11-3-13-37-25(31)19-9-10-20(41-19)26(32)38-14-4-12-36-24(30)18-8-6-16(40-18)22(28)34-2/h5-10H,3-4,11-14H2,1-2H3. The first-order chi connectivity index (χ1) is 19.7. The van der Waals surface area contributed by atoms with Gasteiger partial charge in [0.15, 0.2) is 0 Å². The molecule has 0 fully saturated rings. The Labute approximate surface area is 231 Å². The summed E-state index contributed by atoms with van der Waals surface area (Å²) in [4.78, 5) is 70.7. The number of ether oxygens (including phenoxy) is 6. The molecule has 0 amide bonds. The quantitative estimate of drug-likeness (QED) is 0.154. The van der Waals surface area contributed by atoms with Gasteiger partial charge in [0.05, 0.1) is 40.6 Å². The van der Waals surface area contributed by atoms with E-state index in [1.54, 1.807) is 0 Å². The van der Waals surface area contributed by atoms with Gasteiger partial charge >= 0.3 is 35.8 Å². The molecule has 0 saturated carbocycles. The molecular formula is C26H24O15. The Balaban J connectivity index is 1.30. The second kappa shape index (κ2) is 14.7. The zero-order valence-corrected chi connectivity index (χ0v) is 21.8. The van der Waals surface area contributed by atoms with Crippen molar-refractivity contribution in [2.24, 2.45) is 0 Å². The molecule has 3 heterocycles. The third-order valence-corrected chi connectivity index (χ3v) is 4.91. The lowest BCUT2D eigenvalue weighted by Crippen LogP contribution is -2.11. The van der Waals surface area contributed by atoms with Crippen LogP contribution in [0.1, 0.15) is 76.2 Å². The number of rotatable bonds is 14. The molecule has 15 nitrogen and oxygen atoms in total. The zero-order valence-electron chi connectivity index (χ0n) is 21.8. The zero-order chi connectivity index (χ0) is 29.8. The van der Waals surface area contributed by atoms with Gasteiger partial charge in [-0.1, -0.05) is 0 Å². The van der Waals surface area contributed by atoms with E-state index >= 15 is 0 Å². The molecular weight excluding hydrogens is 552 g/mol. The fourth-order valence-electron chi connectivity index (χ4n) is 2.93. The van der Waals surface area contributed by atoms with Crippen LogP contribution in [0.25, 0.3) is 0 Å². The fourth-order valence-corrected chi connectivity index (χ4v) is 2.93. The molecule has 3 aromatic rings. The van der Waals surface area contributed by atoms with Crippen LogP contribution in [0.3, 0.4) is 0 Å². The molecule has 0 aliphatic heterocycles. The molecule has 3 aromatic heterocycles. The number of carbonyl (C=O) groups is 6. The molecule has 15 heteroatoms. The van der Waals surface area contributed by atoms with E-state index in [4.69, 9.17) is 32.2 Å². The van der Waals surface area contributed by atoms with Crippen LogP contribution in [0.5, 0.6) is 0 Å². The number of furan rings is 3. The Hall–Kier alpha value is -5.34. The van der Waals surface area contributed by atoms with Crippen LogP contribution in [-0.2, 0) is 28.4 Å². The summed E-state index contributed by atoms with van der Waals surface area (Å²) in [7, 11) is 2.33. The Bertz CT molecular complexity index is 1290. The van der Waals surface area contributed by atoms with Crippen LogP contribution in [0.2, 0.25) is 0 Å². The molecule has 0 saturated heterocycles. The SMILES string of the molecule is COC(=O)c1ccc(C(=O)OCCCOC(=O)c2ccc(C(=O)OCCCOC(=O)c3ccc(C(=O)OC)o3)o2)o1. The molecule has 0 aliphatic carbocycles. The minimum absolute atomic E-state index is 0.110. The van der Waals surface area contributed by atoms with Crippen molar-refractivity contribution in [2.45, 2.75) is 12.8 Å². The van der Waals surface area contributed by atoms with Crippen LogP contribution in [0.4, 0.5) is 0 Å². The number of hydrogen-bond acceptors (Lipinski definition) is 15. The molecule has 0 radical (unpaired) electrons. The first-order valence-electron chi connectivity index (χ1n) is 11.9. The Morgan fingerprint density at radius 2 is 0.659 bits per heavy atom. The van der Waals surface area contributed by atoms with Gasteiger partial charge in [0.2, 0.25) is 34.6 Å². The molecule has 0 aliphatic rings. The van der Waals surface area contributed by atoms with Crippen LogP contribution in [0.15, 0.2) is 49.6 Å². The Kier molecular flexibility index (Phi) is 10.8. The van der Waals surface area contributed by atoms with Gasteiger partial charge < -0.3 is 41.7 Å². The largest absolute Gasteiger partial charge is 0.463 e. The minimum Gasteiger partial charge on any atom is -0.463 e. The summed E-state index contributed by atoms with van der Waals surface area (Å²) in [6, 6.07) is 7.50. The van der Waals surface area contributed by atoms with Gasteiger partial charge in [-0.25, -0.2) is 28.8 Å². The number of methoxy groups -OCH3 is 2. The molecule has 0 bridgehead atoms. The molecule has 0 atom stereocenters. The first kappa shape index (κ1) is 30.2. The van der Waals surface area contributed by atoms with Gasteiger partial charge in [-0.15, -0.1) is 0 Å². The van der Waals surface area contributed by atoms with Crippen LogP contribution in [-0.4, -0.2) is 76.5 Å². The predicted molar refractivity (Wildman–Crippen MR) is 129 cm³/mol. The van der Waals surface area contributed by atoms with Gasteiger partial charge in [0.25, 0.3) is 0 Å². The van der Waals surface area contributed by atoms with Crippen LogP contribution < -0.4 is 0 Å². The van der Waals surface area contributed by atoms with E-state index in [1.807, 2.05) is 0 Å². The highest BCUT2D eigenvalue weighted by atomic mass is 16.6. The Morgan fingerprint density at radius 1 is 0.439 bits per heavy atom. The van der Waals surface area contributed by atoms with Gasteiger partial charge in [-0.2, -0.15) is 0 Å². The summed E-state index contributed by atoms with van der Waals surface area (Å²) >= 11 is 0. The van der Waals surface area contributed by atoms with E-state index in [-0.39, 0.29) is 73.8 Å². The molecule has 0 unspecified atom stereocenters. The van der Waals surface area contributed by atoms with Crippen molar-refractivity contribution in [1.82, 2.24) is 0 Å². The topological polar surface area (TPSA) is 197 Å². The fraction of sp³-hybridized carbons (Fsp3) is 0.308. The van der Waals surface area contributed by atoms with Crippen LogP contribution in [0, 0.1) is 0 Å². The molecule has 41 heavy (non-hydrogen) atoms. The Morgan fingerprint density at radius 3 is 0.878 bits per heavy atom. The summed E-state index contributed by atoms with van der Waals surface area (Å²) in [5.41, 5.74) is 0. The third-order valence-electron chi connectivity index (χ3n) is 4.91. The molecule has 218 valence electrons. The van der Waals surface area contributed by atoms with Crippen LogP contribution >= 0.6 is 0 Å². The van der Waals surface area contributed by atoms with Gasteiger partial charge in [0.1, 0.15) is 0 Å². The van der Waals surface area contributed by atoms with E-state index in [0.29, 0.717) is 0 Å². The lowest BCUT2D eigenvalue weighted by Gasteiger charge is -2.05.